The Morgan fingerprint density at radius 1 is 1.00 bits per heavy atom. The third-order valence-corrected chi connectivity index (χ3v) is 4.70. The van der Waals surface area contributed by atoms with Crippen molar-refractivity contribution in [3.63, 3.8) is 0 Å². The van der Waals surface area contributed by atoms with Crippen LogP contribution in [0.4, 0.5) is 0 Å². The fourth-order valence-corrected chi connectivity index (χ4v) is 3.27. The molecule has 3 nitrogen and oxygen atoms in total. The highest BCUT2D eigenvalue weighted by Crippen LogP contribution is 2.22. The van der Waals surface area contributed by atoms with E-state index in [1.807, 2.05) is 60.7 Å². The number of ether oxygens (including phenoxy) is 1. The first-order valence-electron chi connectivity index (χ1n) is 8.98. The van der Waals surface area contributed by atoms with E-state index in [4.69, 9.17) is 4.74 Å². The molecule has 1 saturated carbocycles. The number of hydrogen-bond acceptors (Lipinski definition) is 2. The highest BCUT2D eigenvalue weighted by atomic mass is 16.5. The largest absolute Gasteiger partial charge is 0.497 e. The molecule has 1 fully saturated rings. The topological polar surface area (TPSA) is 38.3 Å². The predicted molar refractivity (Wildman–Crippen MR) is 102 cm³/mol. The smallest absolute Gasteiger partial charge is 0.252 e. The van der Waals surface area contributed by atoms with Gasteiger partial charge in [0, 0.05) is 11.6 Å². The van der Waals surface area contributed by atoms with E-state index >= 15 is 0 Å². The molecule has 0 aliphatic heterocycles. The SMILES string of the molecule is COc1ccc(C=C(C(=O)NC2CCCCC2)c2ccccc2)cc1. The second kappa shape index (κ2) is 8.52. The molecular formula is C22H25NO2. The van der Waals surface area contributed by atoms with Crippen molar-refractivity contribution in [2.45, 2.75) is 38.1 Å². The Bertz CT molecular complexity index is 713. The van der Waals surface area contributed by atoms with Crippen LogP contribution >= 0.6 is 0 Å². The highest BCUT2D eigenvalue weighted by molar-refractivity contribution is 6.24. The van der Waals surface area contributed by atoms with Crippen LogP contribution in [0.1, 0.15) is 43.2 Å². The molecule has 25 heavy (non-hydrogen) atoms. The van der Waals surface area contributed by atoms with Crippen molar-refractivity contribution in [2.75, 3.05) is 7.11 Å². The third kappa shape index (κ3) is 4.72. The van der Waals surface area contributed by atoms with Crippen LogP contribution in [0, 0.1) is 0 Å². The van der Waals surface area contributed by atoms with Gasteiger partial charge in [0.1, 0.15) is 5.75 Å². The minimum absolute atomic E-state index is 0.00826. The van der Waals surface area contributed by atoms with E-state index in [9.17, 15) is 4.79 Å². The van der Waals surface area contributed by atoms with Crippen LogP contribution in [0.5, 0.6) is 5.75 Å². The Kier molecular flexibility index (Phi) is 5.89. The van der Waals surface area contributed by atoms with Gasteiger partial charge in [-0.25, -0.2) is 0 Å². The Morgan fingerprint density at radius 3 is 2.32 bits per heavy atom. The number of carbonyl (C=O) groups excluding carboxylic acids is 1. The zero-order chi connectivity index (χ0) is 17.5. The molecule has 0 unspecified atom stereocenters. The maximum absolute atomic E-state index is 12.9. The first-order valence-corrected chi connectivity index (χ1v) is 8.98. The second-order valence-electron chi connectivity index (χ2n) is 6.51. The molecule has 3 rings (SSSR count). The van der Waals surface area contributed by atoms with Gasteiger partial charge in [0.05, 0.1) is 7.11 Å². The fraction of sp³-hybridized carbons (Fsp3) is 0.318. The van der Waals surface area contributed by atoms with Crippen molar-refractivity contribution in [2.24, 2.45) is 0 Å². The molecule has 0 bridgehead atoms. The highest BCUT2D eigenvalue weighted by Gasteiger charge is 2.19. The molecule has 0 aromatic heterocycles. The van der Waals surface area contributed by atoms with Crippen molar-refractivity contribution in [1.29, 1.82) is 0 Å². The second-order valence-corrected chi connectivity index (χ2v) is 6.51. The van der Waals surface area contributed by atoms with Crippen molar-refractivity contribution >= 4 is 17.6 Å². The van der Waals surface area contributed by atoms with E-state index in [-0.39, 0.29) is 5.91 Å². The normalized spacial score (nSPS) is 15.6. The standard InChI is InChI=1S/C22H25NO2/c1-25-20-14-12-17(13-15-20)16-21(18-8-4-2-5-9-18)22(24)23-19-10-6-3-7-11-19/h2,4-5,8-9,12-16,19H,3,6-7,10-11H2,1H3,(H,23,24). The summed E-state index contributed by atoms with van der Waals surface area (Å²) in [6, 6.07) is 17.9. The minimum Gasteiger partial charge on any atom is -0.497 e. The van der Waals surface area contributed by atoms with Crippen LogP contribution in [0.25, 0.3) is 11.6 Å². The number of rotatable bonds is 5. The van der Waals surface area contributed by atoms with Gasteiger partial charge in [-0.2, -0.15) is 0 Å². The summed E-state index contributed by atoms with van der Waals surface area (Å²) in [7, 11) is 1.65. The Hall–Kier alpha value is -2.55. The van der Waals surface area contributed by atoms with Gasteiger partial charge < -0.3 is 10.1 Å². The van der Waals surface area contributed by atoms with Gasteiger partial charge in [0.15, 0.2) is 0 Å². The Balaban J connectivity index is 1.86. The summed E-state index contributed by atoms with van der Waals surface area (Å²) in [5.74, 6) is 0.819. The lowest BCUT2D eigenvalue weighted by molar-refractivity contribution is -0.116. The van der Waals surface area contributed by atoms with Crippen molar-refractivity contribution in [1.82, 2.24) is 5.32 Å². The van der Waals surface area contributed by atoms with Crippen molar-refractivity contribution in [3.05, 3.63) is 65.7 Å². The number of methoxy groups -OCH3 is 1. The predicted octanol–water partition coefficient (Wildman–Crippen LogP) is 4.68. The third-order valence-electron chi connectivity index (χ3n) is 4.70. The lowest BCUT2D eigenvalue weighted by Crippen LogP contribution is -2.36. The fourth-order valence-electron chi connectivity index (χ4n) is 3.27. The molecule has 0 radical (unpaired) electrons. The quantitative estimate of drug-likeness (QED) is 0.636. The van der Waals surface area contributed by atoms with E-state index in [1.54, 1.807) is 7.11 Å². The zero-order valence-electron chi connectivity index (χ0n) is 14.7. The molecule has 0 spiro atoms. The summed E-state index contributed by atoms with van der Waals surface area (Å²) in [5, 5.41) is 3.23. The lowest BCUT2D eigenvalue weighted by Gasteiger charge is -2.23. The van der Waals surface area contributed by atoms with E-state index in [0.717, 1.165) is 29.7 Å². The summed E-state index contributed by atoms with van der Waals surface area (Å²) in [5.41, 5.74) is 2.63. The van der Waals surface area contributed by atoms with E-state index < -0.39 is 0 Å². The maximum Gasteiger partial charge on any atom is 0.252 e. The van der Waals surface area contributed by atoms with Gasteiger partial charge in [-0.05, 0) is 42.2 Å². The number of carbonyl (C=O) groups is 1. The van der Waals surface area contributed by atoms with Crippen LogP contribution in [0.3, 0.4) is 0 Å². The van der Waals surface area contributed by atoms with Gasteiger partial charge in [-0.3, -0.25) is 4.79 Å². The van der Waals surface area contributed by atoms with Crippen molar-refractivity contribution in [3.8, 4) is 5.75 Å². The Morgan fingerprint density at radius 2 is 1.68 bits per heavy atom. The van der Waals surface area contributed by atoms with E-state index in [2.05, 4.69) is 5.32 Å². The molecular weight excluding hydrogens is 310 g/mol. The summed E-state index contributed by atoms with van der Waals surface area (Å²) in [6.45, 7) is 0. The minimum atomic E-state index is 0.00826. The average molecular weight is 335 g/mol. The summed E-state index contributed by atoms with van der Waals surface area (Å²) in [6.07, 6.45) is 7.79. The first kappa shape index (κ1) is 17.3. The molecule has 1 N–H and O–H groups in total. The molecule has 1 aliphatic rings. The molecule has 1 amide bonds. The number of amides is 1. The molecule has 2 aromatic rings. The number of nitrogens with one attached hydrogen (secondary N) is 1. The molecule has 0 saturated heterocycles. The average Bonchev–Trinajstić information content (AvgIpc) is 2.68. The monoisotopic (exact) mass is 335 g/mol. The molecule has 1 aliphatic carbocycles. The van der Waals surface area contributed by atoms with Gasteiger partial charge in [0.25, 0.3) is 5.91 Å². The molecule has 0 atom stereocenters. The van der Waals surface area contributed by atoms with Gasteiger partial charge >= 0.3 is 0 Å². The van der Waals surface area contributed by atoms with Crippen LogP contribution in [-0.4, -0.2) is 19.1 Å². The van der Waals surface area contributed by atoms with Crippen LogP contribution < -0.4 is 10.1 Å². The van der Waals surface area contributed by atoms with E-state index in [1.165, 1.54) is 19.3 Å². The van der Waals surface area contributed by atoms with Crippen LogP contribution in [0.15, 0.2) is 54.6 Å². The van der Waals surface area contributed by atoms with Gasteiger partial charge in [-0.1, -0.05) is 61.7 Å². The summed E-state index contributed by atoms with van der Waals surface area (Å²) >= 11 is 0. The first-order chi connectivity index (χ1) is 12.3. The molecule has 2 aromatic carbocycles. The molecule has 130 valence electrons. The molecule has 0 heterocycles. The van der Waals surface area contributed by atoms with Crippen LogP contribution in [-0.2, 0) is 4.79 Å². The van der Waals surface area contributed by atoms with Crippen molar-refractivity contribution < 1.29 is 9.53 Å². The Labute approximate surface area is 149 Å². The van der Waals surface area contributed by atoms with Gasteiger partial charge in [0.2, 0.25) is 0 Å². The van der Waals surface area contributed by atoms with Gasteiger partial charge in [-0.15, -0.1) is 0 Å². The zero-order valence-corrected chi connectivity index (χ0v) is 14.7. The lowest BCUT2D eigenvalue weighted by atomic mass is 9.94. The maximum atomic E-state index is 12.9. The van der Waals surface area contributed by atoms with E-state index in [0.29, 0.717) is 11.6 Å². The summed E-state index contributed by atoms with van der Waals surface area (Å²) in [4.78, 5) is 12.9. The number of benzene rings is 2. The molecule has 3 heteroatoms. The van der Waals surface area contributed by atoms with Crippen LogP contribution in [0.2, 0.25) is 0 Å². The summed E-state index contributed by atoms with van der Waals surface area (Å²) < 4.78 is 5.21. The number of hydrogen-bond donors (Lipinski definition) is 1.